The second-order valence-electron chi connectivity index (χ2n) is 8.52. The highest BCUT2D eigenvalue weighted by Crippen LogP contribution is 2.66. The van der Waals surface area contributed by atoms with E-state index in [1.165, 1.54) is 25.7 Å². The van der Waals surface area contributed by atoms with E-state index in [-0.39, 0.29) is 5.91 Å². The maximum Gasteiger partial charge on any atom is 0.239 e. The predicted molar refractivity (Wildman–Crippen MR) is 108 cm³/mol. The largest absolute Gasteiger partial charge is 0.334 e. The van der Waals surface area contributed by atoms with E-state index in [4.69, 9.17) is 0 Å². The Morgan fingerprint density at radius 1 is 1.21 bits per heavy atom. The van der Waals surface area contributed by atoms with Crippen LogP contribution in [0, 0.1) is 5.92 Å². The Hall–Kier alpha value is -2.73. The topological polar surface area (TPSA) is 62.8 Å². The highest BCUT2D eigenvalue weighted by Gasteiger charge is 2.73. The van der Waals surface area contributed by atoms with Crippen LogP contribution in [-0.2, 0) is 11.8 Å². The van der Waals surface area contributed by atoms with Crippen molar-refractivity contribution in [3.05, 3.63) is 43.0 Å². The number of carbonyl (C=O) groups is 1. The van der Waals surface area contributed by atoms with Crippen molar-refractivity contribution in [2.75, 3.05) is 11.9 Å². The maximum absolute atomic E-state index is 12.6. The Morgan fingerprint density at radius 2 is 2.14 bits per heavy atom. The number of pyridine rings is 1. The Labute approximate surface area is 163 Å². The van der Waals surface area contributed by atoms with E-state index >= 15 is 0 Å². The Kier molecular flexibility index (Phi) is 3.27. The molecule has 6 rings (SSSR count). The number of hydrogen-bond acceptors (Lipinski definition) is 4. The molecule has 3 aliphatic rings. The van der Waals surface area contributed by atoms with Gasteiger partial charge in [0.05, 0.1) is 24.8 Å². The summed E-state index contributed by atoms with van der Waals surface area (Å²) in [7, 11) is 1.99. The number of aromatic nitrogens is 3. The zero-order valence-corrected chi connectivity index (χ0v) is 15.9. The highest BCUT2D eigenvalue weighted by molar-refractivity contribution is 5.95. The summed E-state index contributed by atoms with van der Waals surface area (Å²) in [4.78, 5) is 23.6. The molecule has 142 valence electrons. The molecule has 1 saturated heterocycles. The van der Waals surface area contributed by atoms with Crippen molar-refractivity contribution in [3.63, 3.8) is 0 Å². The molecule has 4 atom stereocenters. The SMILES string of the molecule is Cn1cncc1-c1ccc2cnc(NC(=O)CN3C4CCC5CCC543)cc2c1. The van der Waals surface area contributed by atoms with E-state index in [1.54, 1.807) is 6.33 Å². The number of rotatable bonds is 4. The molecule has 2 aromatic heterocycles. The van der Waals surface area contributed by atoms with Crippen molar-refractivity contribution in [3.8, 4) is 11.3 Å². The van der Waals surface area contributed by atoms with Crippen molar-refractivity contribution in [2.45, 2.75) is 37.3 Å². The minimum absolute atomic E-state index is 0.0454. The van der Waals surface area contributed by atoms with Crippen LogP contribution in [-0.4, -0.2) is 43.5 Å². The number of nitrogens with zero attached hydrogens (tertiary/aromatic N) is 4. The lowest BCUT2D eigenvalue weighted by Gasteiger charge is -2.35. The van der Waals surface area contributed by atoms with Crippen LogP contribution in [0.3, 0.4) is 0 Å². The number of benzene rings is 1. The second kappa shape index (κ2) is 5.64. The van der Waals surface area contributed by atoms with Gasteiger partial charge in [0.15, 0.2) is 0 Å². The van der Waals surface area contributed by atoms with Gasteiger partial charge in [0.1, 0.15) is 5.82 Å². The van der Waals surface area contributed by atoms with E-state index in [0.717, 1.165) is 27.9 Å². The minimum Gasteiger partial charge on any atom is -0.334 e. The lowest BCUT2D eigenvalue weighted by molar-refractivity contribution is -0.117. The molecule has 1 amide bonds. The third kappa shape index (κ3) is 2.21. The molecule has 2 aliphatic carbocycles. The van der Waals surface area contributed by atoms with Crippen LogP contribution >= 0.6 is 0 Å². The highest BCUT2D eigenvalue weighted by atomic mass is 16.2. The van der Waals surface area contributed by atoms with Gasteiger partial charge in [-0.2, -0.15) is 0 Å². The summed E-state index contributed by atoms with van der Waals surface area (Å²) in [6, 6.07) is 8.87. The van der Waals surface area contributed by atoms with Gasteiger partial charge in [-0.25, -0.2) is 9.97 Å². The Morgan fingerprint density at radius 3 is 2.89 bits per heavy atom. The molecule has 6 nitrogen and oxygen atoms in total. The van der Waals surface area contributed by atoms with E-state index in [1.807, 2.05) is 30.1 Å². The molecule has 6 heteroatoms. The van der Waals surface area contributed by atoms with Crippen molar-refractivity contribution in [1.29, 1.82) is 0 Å². The number of imidazole rings is 1. The normalized spacial score (nSPS) is 29.8. The molecular weight excluding hydrogens is 350 g/mol. The van der Waals surface area contributed by atoms with Crippen LogP contribution in [0.5, 0.6) is 0 Å². The number of piperidine rings is 1. The third-order valence-electron chi connectivity index (χ3n) is 7.22. The van der Waals surface area contributed by atoms with E-state index in [9.17, 15) is 4.79 Å². The number of hydrogen-bond donors (Lipinski definition) is 1. The number of aryl methyl sites for hydroxylation is 1. The summed E-state index contributed by atoms with van der Waals surface area (Å²) in [6.07, 6.45) is 10.7. The Balaban J connectivity index is 1.21. The van der Waals surface area contributed by atoms with Gasteiger partial charge in [-0.05, 0) is 49.1 Å². The fourth-order valence-electron chi connectivity index (χ4n) is 5.69. The summed E-state index contributed by atoms with van der Waals surface area (Å²) >= 11 is 0. The van der Waals surface area contributed by atoms with Crippen LogP contribution in [0.25, 0.3) is 22.0 Å². The smallest absolute Gasteiger partial charge is 0.239 e. The lowest BCUT2D eigenvalue weighted by Crippen LogP contribution is -2.39. The van der Waals surface area contributed by atoms with E-state index < -0.39 is 0 Å². The summed E-state index contributed by atoms with van der Waals surface area (Å²) in [6.45, 7) is 0.496. The molecule has 28 heavy (non-hydrogen) atoms. The molecule has 1 spiro atoms. The van der Waals surface area contributed by atoms with Gasteiger partial charge < -0.3 is 9.88 Å². The maximum atomic E-state index is 12.6. The molecule has 3 fully saturated rings. The van der Waals surface area contributed by atoms with Crippen molar-refractivity contribution >= 4 is 22.5 Å². The number of fused-ring (bicyclic) bond motifs is 1. The molecule has 0 bridgehead atoms. The van der Waals surface area contributed by atoms with Gasteiger partial charge in [-0.1, -0.05) is 12.1 Å². The van der Waals surface area contributed by atoms with Gasteiger partial charge >= 0.3 is 0 Å². The molecule has 4 unspecified atom stereocenters. The molecule has 1 aliphatic heterocycles. The summed E-state index contributed by atoms with van der Waals surface area (Å²) in [5.74, 6) is 1.51. The zero-order valence-electron chi connectivity index (χ0n) is 15.9. The summed E-state index contributed by atoms with van der Waals surface area (Å²) in [5, 5.41) is 5.12. The monoisotopic (exact) mass is 373 g/mol. The van der Waals surface area contributed by atoms with Crippen LogP contribution < -0.4 is 5.32 Å². The van der Waals surface area contributed by atoms with Gasteiger partial charge in [0.25, 0.3) is 0 Å². The lowest BCUT2D eigenvalue weighted by atomic mass is 9.74. The minimum atomic E-state index is 0.0454. The molecule has 3 heterocycles. The third-order valence-corrected chi connectivity index (χ3v) is 7.22. The van der Waals surface area contributed by atoms with Gasteiger partial charge in [-0.3, -0.25) is 9.69 Å². The van der Waals surface area contributed by atoms with E-state index in [0.29, 0.717) is 23.9 Å². The molecule has 0 radical (unpaired) electrons. The average Bonchev–Trinajstić information content (AvgIpc) is 2.95. The van der Waals surface area contributed by atoms with Crippen molar-refractivity contribution < 1.29 is 4.79 Å². The Bertz CT molecular complexity index is 1110. The van der Waals surface area contributed by atoms with E-state index in [2.05, 4.69) is 38.4 Å². The first-order chi connectivity index (χ1) is 13.6. The predicted octanol–water partition coefficient (Wildman–Crippen LogP) is 3.20. The van der Waals surface area contributed by atoms with Crippen LogP contribution in [0.15, 0.2) is 43.0 Å². The molecule has 3 aromatic rings. The fraction of sp³-hybridized carbons (Fsp3) is 0.409. The number of nitrogens with one attached hydrogen (secondary N) is 1. The second-order valence-corrected chi connectivity index (χ2v) is 8.52. The number of anilines is 1. The summed E-state index contributed by atoms with van der Waals surface area (Å²) < 4.78 is 2.00. The van der Waals surface area contributed by atoms with Gasteiger partial charge in [0.2, 0.25) is 5.91 Å². The van der Waals surface area contributed by atoms with Crippen molar-refractivity contribution in [1.82, 2.24) is 19.4 Å². The zero-order chi connectivity index (χ0) is 18.9. The van der Waals surface area contributed by atoms with Crippen LogP contribution in [0.1, 0.15) is 25.7 Å². The van der Waals surface area contributed by atoms with Crippen molar-refractivity contribution in [2.24, 2.45) is 13.0 Å². The molecular formula is C22H23N5O. The quantitative estimate of drug-likeness (QED) is 0.714. The first kappa shape index (κ1) is 16.2. The first-order valence-electron chi connectivity index (χ1n) is 10.1. The van der Waals surface area contributed by atoms with Gasteiger partial charge in [-0.15, -0.1) is 0 Å². The van der Waals surface area contributed by atoms with Crippen LogP contribution in [0.2, 0.25) is 0 Å². The average molecular weight is 373 g/mol. The number of carbonyl (C=O) groups excluding carboxylic acids is 1. The molecule has 2 saturated carbocycles. The molecule has 1 N–H and O–H groups in total. The standard InChI is InChI=1S/C22H23N5O/c1-26-13-23-11-18(26)14-2-3-15-10-24-20(9-16(15)8-14)25-21(28)12-27-19-5-4-17-6-7-22(17,19)27/h2-3,8-11,13,17,19H,4-7,12H2,1H3,(H,24,25,28). The number of amides is 1. The molecule has 1 aromatic carbocycles. The summed E-state index contributed by atoms with van der Waals surface area (Å²) in [5.41, 5.74) is 2.56. The first-order valence-corrected chi connectivity index (χ1v) is 10.1. The van der Waals surface area contributed by atoms with Gasteiger partial charge in [0, 0.05) is 35.8 Å². The fourth-order valence-corrected chi connectivity index (χ4v) is 5.69. The number of likely N-dealkylation sites (tertiary alicyclic amines) is 1. The van der Waals surface area contributed by atoms with Crippen LogP contribution in [0.4, 0.5) is 5.82 Å².